The van der Waals surface area contributed by atoms with Crippen molar-refractivity contribution in [1.29, 1.82) is 0 Å². The number of fused-ring (bicyclic) bond motifs is 1. The van der Waals surface area contributed by atoms with E-state index in [4.69, 9.17) is 14.5 Å². The van der Waals surface area contributed by atoms with Crippen LogP contribution >= 0.6 is 11.8 Å². The maximum atomic E-state index is 12.5. The number of rotatable bonds is 8. The monoisotopic (exact) mass is 413 g/mol. The molecule has 29 heavy (non-hydrogen) atoms. The number of ether oxygens (including phenoxy) is 2. The lowest BCUT2D eigenvalue weighted by molar-refractivity contribution is -0.123. The second-order valence-electron chi connectivity index (χ2n) is 7.64. The molecule has 0 fully saturated rings. The summed E-state index contributed by atoms with van der Waals surface area (Å²) in [4.78, 5) is 17.2. The SMILES string of the molecule is COc1cccc(OCCSc2nc3ccccc3n2CC(=O)NC(C)(C)C)c1. The fourth-order valence-electron chi connectivity index (χ4n) is 2.90. The van der Waals surface area contributed by atoms with Gasteiger partial charge in [0.2, 0.25) is 5.91 Å². The maximum absolute atomic E-state index is 12.5. The summed E-state index contributed by atoms with van der Waals surface area (Å²) in [5.41, 5.74) is 1.56. The molecular weight excluding hydrogens is 386 g/mol. The first-order valence-corrected chi connectivity index (χ1v) is 10.5. The number of hydrogen-bond donors (Lipinski definition) is 1. The standard InChI is InChI=1S/C22H27N3O3S/c1-22(2,3)24-20(26)15-25-19-11-6-5-10-18(19)23-21(25)29-13-12-28-17-9-7-8-16(14-17)27-4/h5-11,14H,12-13,15H2,1-4H3,(H,24,26). The lowest BCUT2D eigenvalue weighted by atomic mass is 10.1. The number of amides is 1. The van der Waals surface area contributed by atoms with E-state index in [1.807, 2.05) is 73.9 Å². The zero-order valence-corrected chi connectivity index (χ0v) is 18.1. The minimum Gasteiger partial charge on any atom is -0.497 e. The van der Waals surface area contributed by atoms with E-state index in [9.17, 15) is 4.79 Å². The van der Waals surface area contributed by atoms with Gasteiger partial charge in [-0.15, -0.1) is 0 Å². The quantitative estimate of drug-likeness (QED) is 0.444. The zero-order valence-electron chi connectivity index (χ0n) is 17.3. The van der Waals surface area contributed by atoms with Crippen LogP contribution in [0.5, 0.6) is 11.5 Å². The predicted molar refractivity (Wildman–Crippen MR) is 117 cm³/mol. The van der Waals surface area contributed by atoms with E-state index < -0.39 is 0 Å². The second kappa shape index (κ2) is 9.22. The van der Waals surface area contributed by atoms with Gasteiger partial charge >= 0.3 is 0 Å². The Kier molecular flexibility index (Phi) is 6.69. The summed E-state index contributed by atoms with van der Waals surface area (Å²) in [6, 6.07) is 15.4. The van der Waals surface area contributed by atoms with E-state index >= 15 is 0 Å². The third-order valence-corrected chi connectivity index (χ3v) is 5.00. The Morgan fingerprint density at radius 3 is 2.66 bits per heavy atom. The van der Waals surface area contributed by atoms with Crippen molar-refractivity contribution in [1.82, 2.24) is 14.9 Å². The highest BCUT2D eigenvalue weighted by Gasteiger charge is 2.18. The number of thioether (sulfide) groups is 1. The fraction of sp³-hybridized carbons (Fsp3) is 0.364. The lowest BCUT2D eigenvalue weighted by Gasteiger charge is -2.21. The average Bonchev–Trinajstić information content (AvgIpc) is 3.01. The van der Waals surface area contributed by atoms with Crippen LogP contribution in [-0.4, -0.2) is 40.5 Å². The van der Waals surface area contributed by atoms with Crippen LogP contribution in [0.1, 0.15) is 20.8 Å². The highest BCUT2D eigenvalue weighted by molar-refractivity contribution is 7.99. The van der Waals surface area contributed by atoms with Crippen LogP contribution in [0.4, 0.5) is 0 Å². The second-order valence-corrected chi connectivity index (χ2v) is 8.71. The minimum atomic E-state index is -0.272. The Bertz CT molecular complexity index is 979. The van der Waals surface area contributed by atoms with Crippen LogP contribution < -0.4 is 14.8 Å². The summed E-state index contributed by atoms with van der Waals surface area (Å²) >= 11 is 1.58. The van der Waals surface area contributed by atoms with Crippen LogP contribution in [0.2, 0.25) is 0 Å². The van der Waals surface area contributed by atoms with Crippen LogP contribution in [0.25, 0.3) is 11.0 Å². The molecule has 7 heteroatoms. The molecule has 0 radical (unpaired) electrons. The number of nitrogens with one attached hydrogen (secondary N) is 1. The van der Waals surface area contributed by atoms with Crippen molar-refractivity contribution in [3.63, 3.8) is 0 Å². The molecule has 3 rings (SSSR count). The van der Waals surface area contributed by atoms with Gasteiger partial charge in [-0.1, -0.05) is 30.0 Å². The molecule has 0 unspecified atom stereocenters. The molecule has 0 saturated carbocycles. The molecule has 0 atom stereocenters. The third-order valence-electron chi connectivity index (χ3n) is 4.06. The molecule has 0 bridgehead atoms. The van der Waals surface area contributed by atoms with E-state index in [2.05, 4.69) is 5.32 Å². The van der Waals surface area contributed by atoms with Gasteiger partial charge in [-0.05, 0) is 45.0 Å². The first-order valence-electron chi connectivity index (χ1n) is 9.52. The first kappa shape index (κ1) is 21.0. The molecule has 6 nitrogen and oxygen atoms in total. The summed E-state index contributed by atoms with van der Waals surface area (Å²) in [6.45, 7) is 6.68. The van der Waals surface area contributed by atoms with Gasteiger partial charge in [-0.2, -0.15) is 0 Å². The maximum Gasteiger partial charge on any atom is 0.240 e. The number of para-hydroxylation sites is 2. The molecule has 0 aliphatic carbocycles. The van der Waals surface area contributed by atoms with Crippen molar-refractivity contribution >= 4 is 28.7 Å². The number of nitrogens with zero attached hydrogens (tertiary/aromatic N) is 2. The number of hydrogen-bond acceptors (Lipinski definition) is 5. The molecule has 1 amide bonds. The van der Waals surface area contributed by atoms with Crippen LogP contribution in [0.3, 0.4) is 0 Å². The average molecular weight is 414 g/mol. The molecule has 0 aliphatic rings. The molecule has 1 aromatic heterocycles. The van der Waals surface area contributed by atoms with Crippen molar-refractivity contribution in [3.8, 4) is 11.5 Å². The van der Waals surface area contributed by atoms with E-state index in [0.717, 1.165) is 27.7 Å². The topological polar surface area (TPSA) is 65.4 Å². The van der Waals surface area contributed by atoms with Crippen molar-refractivity contribution in [3.05, 3.63) is 48.5 Å². The van der Waals surface area contributed by atoms with Gasteiger partial charge in [0, 0.05) is 17.4 Å². The number of carbonyl (C=O) groups excluding carboxylic acids is 1. The third kappa shape index (κ3) is 5.90. The molecule has 3 aromatic rings. The van der Waals surface area contributed by atoms with Gasteiger partial charge in [-0.25, -0.2) is 4.98 Å². The Balaban J connectivity index is 1.67. The van der Waals surface area contributed by atoms with Crippen LogP contribution in [0.15, 0.2) is 53.7 Å². The van der Waals surface area contributed by atoms with Crippen molar-refractivity contribution in [2.75, 3.05) is 19.5 Å². The van der Waals surface area contributed by atoms with Crippen molar-refractivity contribution in [2.24, 2.45) is 0 Å². The number of aromatic nitrogens is 2. The van der Waals surface area contributed by atoms with Crippen LogP contribution in [-0.2, 0) is 11.3 Å². The smallest absolute Gasteiger partial charge is 0.240 e. The summed E-state index contributed by atoms with van der Waals surface area (Å²) in [6.07, 6.45) is 0. The van der Waals surface area contributed by atoms with Gasteiger partial charge in [0.15, 0.2) is 5.16 Å². The summed E-state index contributed by atoms with van der Waals surface area (Å²) < 4.78 is 13.0. The van der Waals surface area contributed by atoms with Gasteiger partial charge < -0.3 is 19.4 Å². The largest absolute Gasteiger partial charge is 0.497 e. The number of methoxy groups -OCH3 is 1. The summed E-state index contributed by atoms with van der Waals surface area (Å²) in [7, 11) is 1.63. The zero-order chi connectivity index (χ0) is 20.9. The Hall–Kier alpha value is -2.67. The van der Waals surface area contributed by atoms with E-state index in [1.165, 1.54) is 0 Å². The number of benzene rings is 2. The van der Waals surface area contributed by atoms with Crippen LogP contribution in [0, 0.1) is 0 Å². The Labute approximate surface area is 175 Å². The molecule has 154 valence electrons. The fourth-order valence-corrected chi connectivity index (χ4v) is 3.73. The summed E-state index contributed by atoms with van der Waals surface area (Å²) in [5.74, 6) is 2.21. The predicted octanol–water partition coefficient (Wildman–Crippen LogP) is 4.13. The minimum absolute atomic E-state index is 0.0323. The van der Waals surface area contributed by atoms with E-state index in [-0.39, 0.29) is 18.0 Å². The van der Waals surface area contributed by atoms with Crippen molar-refractivity contribution in [2.45, 2.75) is 38.0 Å². The lowest BCUT2D eigenvalue weighted by Crippen LogP contribution is -2.42. The van der Waals surface area contributed by atoms with Gasteiger partial charge in [0.05, 0.1) is 24.8 Å². The first-order chi connectivity index (χ1) is 13.9. The molecule has 1 N–H and O–H groups in total. The highest BCUT2D eigenvalue weighted by atomic mass is 32.2. The molecule has 2 aromatic carbocycles. The molecule has 0 spiro atoms. The van der Waals surface area contributed by atoms with E-state index in [1.54, 1.807) is 18.9 Å². The molecule has 1 heterocycles. The Morgan fingerprint density at radius 1 is 1.14 bits per heavy atom. The number of imidazole rings is 1. The van der Waals surface area contributed by atoms with Gasteiger partial charge in [0.25, 0.3) is 0 Å². The van der Waals surface area contributed by atoms with Gasteiger partial charge in [-0.3, -0.25) is 4.79 Å². The normalized spacial score (nSPS) is 11.4. The van der Waals surface area contributed by atoms with E-state index in [0.29, 0.717) is 12.4 Å². The van der Waals surface area contributed by atoms with Crippen molar-refractivity contribution < 1.29 is 14.3 Å². The molecular formula is C22H27N3O3S. The number of carbonyl (C=O) groups is 1. The molecule has 0 aliphatic heterocycles. The summed E-state index contributed by atoms with van der Waals surface area (Å²) in [5, 5.41) is 3.83. The molecule has 0 saturated heterocycles. The Morgan fingerprint density at radius 2 is 1.90 bits per heavy atom. The highest BCUT2D eigenvalue weighted by Crippen LogP contribution is 2.25. The van der Waals surface area contributed by atoms with Gasteiger partial charge in [0.1, 0.15) is 18.0 Å².